The average Bonchev–Trinajstić information content (AvgIpc) is 2.98. The molecule has 0 radical (unpaired) electrons. The molecule has 3 rings (SSSR count). The molecule has 0 spiro atoms. The number of hydrogen-bond acceptors (Lipinski definition) is 1. The van der Waals surface area contributed by atoms with Gasteiger partial charge in [0.2, 0.25) is 0 Å². The lowest BCUT2D eigenvalue weighted by Crippen LogP contribution is -1.96. The van der Waals surface area contributed by atoms with E-state index in [9.17, 15) is 4.79 Å². The number of carboxylic acids is 1. The van der Waals surface area contributed by atoms with Crippen molar-refractivity contribution >= 4 is 16.9 Å². The van der Waals surface area contributed by atoms with Gasteiger partial charge in [-0.3, -0.25) is 4.79 Å². The highest BCUT2D eigenvalue weighted by Crippen LogP contribution is 2.26. The van der Waals surface area contributed by atoms with Gasteiger partial charge in [0, 0.05) is 23.5 Å². The molecule has 0 amide bonds. The molecule has 0 fully saturated rings. The summed E-state index contributed by atoms with van der Waals surface area (Å²) in [6, 6.07) is 16.4. The summed E-state index contributed by atoms with van der Waals surface area (Å²) in [4.78, 5) is 13.9. The fourth-order valence-corrected chi connectivity index (χ4v) is 2.44. The number of fused-ring (bicyclic) bond motifs is 1. The predicted octanol–water partition coefficient (Wildman–Crippen LogP) is 4.88. The first-order chi connectivity index (χ1) is 10.7. The summed E-state index contributed by atoms with van der Waals surface area (Å²) in [7, 11) is 0. The van der Waals surface area contributed by atoms with Gasteiger partial charge in [0.25, 0.3) is 0 Å². The number of hydrogen-bond donors (Lipinski definition) is 2. The van der Waals surface area contributed by atoms with Crippen molar-refractivity contribution in [1.82, 2.24) is 4.98 Å². The van der Waals surface area contributed by atoms with Gasteiger partial charge >= 0.3 is 5.97 Å². The van der Waals surface area contributed by atoms with Gasteiger partial charge in [0.15, 0.2) is 0 Å². The van der Waals surface area contributed by atoms with Crippen molar-refractivity contribution in [3.05, 3.63) is 60.3 Å². The number of aliphatic carboxylic acids is 1. The standard InChI is InChI=1S/C17H15NO2.C2H6/c19-17(20)9-7-14-11-18-16-10-13(6-8-15(14)16)12-4-2-1-3-5-12;1-2/h1-6,8,10-11,18H,7,9H2,(H,19,20);1-2H3. The summed E-state index contributed by atoms with van der Waals surface area (Å²) in [5.74, 6) is -0.764. The molecule has 2 aromatic carbocycles. The van der Waals surface area contributed by atoms with E-state index in [1.54, 1.807) is 0 Å². The maximum atomic E-state index is 10.7. The van der Waals surface area contributed by atoms with Gasteiger partial charge in [-0.15, -0.1) is 0 Å². The monoisotopic (exact) mass is 295 g/mol. The highest BCUT2D eigenvalue weighted by Gasteiger charge is 2.07. The number of aryl methyl sites for hydroxylation is 1. The zero-order chi connectivity index (χ0) is 15.9. The van der Waals surface area contributed by atoms with Crippen molar-refractivity contribution in [2.24, 2.45) is 0 Å². The summed E-state index contributed by atoms with van der Waals surface area (Å²) in [6.45, 7) is 4.00. The van der Waals surface area contributed by atoms with E-state index in [-0.39, 0.29) is 6.42 Å². The minimum atomic E-state index is -0.764. The van der Waals surface area contributed by atoms with E-state index in [0.29, 0.717) is 6.42 Å². The van der Waals surface area contributed by atoms with Crippen molar-refractivity contribution in [1.29, 1.82) is 0 Å². The van der Waals surface area contributed by atoms with Crippen LogP contribution in [0.25, 0.3) is 22.0 Å². The molecule has 2 N–H and O–H groups in total. The highest BCUT2D eigenvalue weighted by molar-refractivity contribution is 5.88. The lowest BCUT2D eigenvalue weighted by atomic mass is 10.0. The van der Waals surface area contributed by atoms with Crippen LogP contribution in [-0.4, -0.2) is 16.1 Å². The lowest BCUT2D eigenvalue weighted by molar-refractivity contribution is -0.136. The molecule has 0 aliphatic carbocycles. The van der Waals surface area contributed by atoms with Crippen LogP contribution in [-0.2, 0) is 11.2 Å². The summed E-state index contributed by atoms with van der Waals surface area (Å²) >= 11 is 0. The predicted molar refractivity (Wildman–Crippen MR) is 91.0 cm³/mol. The summed E-state index contributed by atoms with van der Waals surface area (Å²) in [5.41, 5.74) is 4.44. The van der Waals surface area contributed by atoms with E-state index < -0.39 is 5.97 Å². The number of aromatic amines is 1. The first kappa shape index (κ1) is 15.8. The van der Waals surface area contributed by atoms with Crippen LogP contribution >= 0.6 is 0 Å². The van der Waals surface area contributed by atoms with Crippen LogP contribution in [0.3, 0.4) is 0 Å². The summed E-state index contributed by atoms with van der Waals surface area (Å²) in [6.07, 6.45) is 2.62. The van der Waals surface area contributed by atoms with Gasteiger partial charge in [-0.25, -0.2) is 0 Å². The van der Waals surface area contributed by atoms with Gasteiger partial charge in [-0.2, -0.15) is 0 Å². The fourth-order valence-electron chi connectivity index (χ4n) is 2.44. The van der Waals surface area contributed by atoms with E-state index in [1.807, 2.05) is 38.2 Å². The molecule has 1 heterocycles. The number of nitrogens with one attached hydrogen (secondary N) is 1. The van der Waals surface area contributed by atoms with Gasteiger partial charge in [0.05, 0.1) is 0 Å². The number of rotatable bonds is 4. The molecule has 0 aliphatic rings. The van der Waals surface area contributed by atoms with Crippen molar-refractivity contribution in [2.45, 2.75) is 26.7 Å². The van der Waals surface area contributed by atoms with Crippen molar-refractivity contribution in [2.75, 3.05) is 0 Å². The molecular weight excluding hydrogens is 274 g/mol. The molecule has 22 heavy (non-hydrogen) atoms. The number of carboxylic acid groups (broad SMARTS) is 1. The maximum Gasteiger partial charge on any atom is 0.303 e. The molecule has 0 atom stereocenters. The largest absolute Gasteiger partial charge is 0.481 e. The SMILES string of the molecule is CC.O=C(O)CCc1c[nH]c2cc(-c3ccccc3)ccc12. The van der Waals surface area contributed by atoms with Crippen LogP contribution in [0.2, 0.25) is 0 Å². The second kappa shape index (κ2) is 7.46. The molecule has 3 nitrogen and oxygen atoms in total. The molecule has 114 valence electrons. The molecule has 3 heteroatoms. The zero-order valence-electron chi connectivity index (χ0n) is 13.0. The number of H-pyrrole nitrogens is 1. The molecule has 0 unspecified atom stereocenters. The Morgan fingerprint density at radius 3 is 2.45 bits per heavy atom. The topological polar surface area (TPSA) is 53.1 Å². The minimum absolute atomic E-state index is 0.160. The Kier molecular flexibility index (Phi) is 5.37. The Balaban J connectivity index is 0.000000847. The van der Waals surface area contributed by atoms with Crippen molar-refractivity contribution in [3.63, 3.8) is 0 Å². The highest BCUT2D eigenvalue weighted by atomic mass is 16.4. The molecule has 0 aliphatic heterocycles. The van der Waals surface area contributed by atoms with Gasteiger partial charge < -0.3 is 10.1 Å². The lowest BCUT2D eigenvalue weighted by Gasteiger charge is -2.02. The molecule has 0 saturated heterocycles. The average molecular weight is 295 g/mol. The molecule has 0 bridgehead atoms. The number of aromatic nitrogens is 1. The third-order valence-corrected chi connectivity index (χ3v) is 3.48. The van der Waals surface area contributed by atoms with Gasteiger partial charge in [0.1, 0.15) is 0 Å². The second-order valence-corrected chi connectivity index (χ2v) is 4.83. The first-order valence-electron chi connectivity index (χ1n) is 7.61. The molecule has 1 aromatic heterocycles. The second-order valence-electron chi connectivity index (χ2n) is 4.83. The Morgan fingerprint density at radius 1 is 1.05 bits per heavy atom. The Hall–Kier alpha value is -2.55. The van der Waals surface area contributed by atoms with Gasteiger partial charge in [-0.05, 0) is 29.2 Å². The molecule has 3 aromatic rings. The molecular formula is C19H21NO2. The normalized spacial score (nSPS) is 10.1. The van der Waals surface area contributed by atoms with E-state index in [2.05, 4.69) is 35.3 Å². The zero-order valence-corrected chi connectivity index (χ0v) is 13.0. The van der Waals surface area contributed by atoms with E-state index >= 15 is 0 Å². The van der Waals surface area contributed by atoms with Crippen LogP contribution in [0.5, 0.6) is 0 Å². The first-order valence-corrected chi connectivity index (χ1v) is 7.61. The van der Waals surface area contributed by atoms with Crippen LogP contribution in [0.15, 0.2) is 54.7 Å². The van der Waals surface area contributed by atoms with Crippen molar-refractivity contribution < 1.29 is 9.90 Å². The fraction of sp³-hybridized carbons (Fsp3) is 0.211. The maximum absolute atomic E-state index is 10.7. The van der Waals surface area contributed by atoms with E-state index in [1.165, 1.54) is 5.56 Å². The van der Waals surface area contributed by atoms with Crippen LogP contribution in [0.4, 0.5) is 0 Å². The third-order valence-electron chi connectivity index (χ3n) is 3.48. The quantitative estimate of drug-likeness (QED) is 0.721. The number of carbonyl (C=O) groups is 1. The number of benzene rings is 2. The Morgan fingerprint density at radius 2 is 1.77 bits per heavy atom. The van der Waals surface area contributed by atoms with E-state index in [0.717, 1.165) is 22.0 Å². The van der Waals surface area contributed by atoms with Crippen LogP contribution in [0, 0.1) is 0 Å². The summed E-state index contributed by atoms with van der Waals surface area (Å²) in [5, 5.41) is 9.87. The van der Waals surface area contributed by atoms with Gasteiger partial charge in [-0.1, -0.05) is 56.3 Å². The van der Waals surface area contributed by atoms with E-state index in [4.69, 9.17) is 5.11 Å². The smallest absolute Gasteiger partial charge is 0.303 e. The van der Waals surface area contributed by atoms with Crippen molar-refractivity contribution in [3.8, 4) is 11.1 Å². The minimum Gasteiger partial charge on any atom is -0.481 e. The summed E-state index contributed by atoms with van der Waals surface area (Å²) < 4.78 is 0. The molecule has 0 saturated carbocycles. The Labute approximate surface area is 130 Å². The van der Waals surface area contributed by atoms with Crippen LogP contribution < -0.4 is 0 Å². The van der Waals surface area contributed by atoms with Crippen LogP contribution in [0.1, 0.15) is 25.8 Å². The Bertz CT molecular complexity index is 744. The third kappa shape index (κ3) is 3.55.